The second-order valence-corrected chi connectivity index (χ2v) is 11.4. The Kier molecular flexibility index (Phi) is 11.0. The molecule has 0 saturated carbocycles. The van der Waals surface area contributed by atoms with Crippen LogP contribution in [-0.2, 0) is 10.2 Å². The number of rotatable bonds is 12. The summed E-state index contributed by atoms with van der Waals surface area (Å²) in [6, 6.07) is 8.90. The number of aliphatic hydroxyl groups is 2. The van der Waals surface area contributed by atoms with E-state index in [-0.39, 0.29) is 39.6 Å². The monoisotopic (exact) mass is 595 g/mol. The van der Waals surface area contributed by atoms with Crippen LogP contribution in [-0.4, -0.2) is 47.5 Å². The molecule has 0 bridgehead atoms. The van der Waals surface area contributed by atoms with E-state index in [1.807, 2.05) is 0 Å². The molecule has 1 fully saturated rings. The van der Waals surface area contributed by atoms with E-state index < -0.39 is 53.7 Å². The molecule has 0 radical (unpaired) electrons. The number of hydrogen-bond acceptors (Lipinski definition) is 5. The molecule has 1 aliphatic heterocycles. The van der Waals surface area contributed by atoms with Gasteiger partial charge < -0.3 is 20.8 Å². The number of benzene rings is 2. The molecule has 218 valence electrons. The summed E-state index contributed by atoms with van der Waals surface area (Å²) in [5.74, 6) is -3.22. The zero-order valence-electron chi connectivity index (χ0n) is 23.0. The van der Waals surface area contributed by atoms with Gasteiger partial charge in [0.1, 0.15) is 17.0 Å². The standard InChI is InChI=1S/C30H37Cl2F2N3O3/c1-4-29(5-2,6-3)15-24-30(17-35,21-11-10-18(31)14-23(21)33)25(20-8-7-9-22(32)26(20)34)27(37-24)28(40)36-13-12-19(39)16-38/h7-11,14,19,24-25,27,37-39H,4-6,12-13,15-16H2,1-3H3,(H,36,40)/t19-,24?,25?,27?,30?/m0/s1. The van der Waals surface area contributed by atoms with Crippen molar-refractivity contribution in [3.63, 3.8) is 0 Å². The van der Waals surface area contributed by atoms with Crippen LogP contribution in [0.3, 0.4) is 0 Å². The molecule has 1 aliphatic rings. The normalized spacial score (nSPS) is 23.6. The fourth-order valence-electron chi connectivity index (χ4n) is 6.12. The second-order valence-electron chi connectivity index (χ2n) is 10.6. The van der Waals surface area contributed by atoms with Crippen molar-refractivity contribution in [2.45, 2.75) is 82.4 Å². The van der Waals surface area contributed by atoms with Gasteiger partial charge in [-0.25, -0.2) is 8.78 Å². The van der Waals surface area contributed by atoms with Crippen molar-refractivity contribution in [3.05, 3.63) is 69.2 Å². The highest BCUT2D eigenvalue weighted by Gasteiger charge is 2.61. The third-order valence-electron chi connectivity index (χ3n) is 8.79. The van der Waals surface area contributed by atoms with Gasteiger partial charge in [-0.1, -0.05) is 81.4 Å². The molecule has 6 nitrogen and oxygen atoms in total. The van der Waals surface area contributed by atoms with Gasteiger partial charge in [-0.2, -0.15) is 5.26 Å². The molecule has 3 rings (SSSR count). The van der Waals surface area contributed by atoms with Crippen LogP contribution in [0, 0.1) is 28.4 Å². The van der Waals surface area contributed by atoms with E-state index in [1.54, 1.807) is 0 Å². The van der Waals surface area contributed by atoms with Crippen molar-refractivity contribution in [2.24, 2.45) is 5.41 Å². The van der Waals surface area contributed by atoms with Crippen LogP contribution in [0.2, 0.25) is 10.0 Å². The fraction of sp³-hybridized carbons (Fsp3) is 0.533. The molecule has 1 heterocycles. The van der Waals surface area contributed by atoms with Crippen LogP contribution in [0.4, 0.5) is 8.78 Å². The smallest absolute Gasteiger partial charge is 0.237 e. The number of halogens is 4. The lowest BCUT2D eigenvalue weighted by Crippen LogP contribution is -2.46. The van der Waals surface area contributed by atoms with Crippen molar-refractivity contribution in [1.82, 2.24) is 10.6 Å². The van der Waals surface area contributed by atoms with Crippen LogP contribution in [0.15, 0.2) is 36.4 Å². The molecule has 10 heteroatoms. The van der Waals surface area contributed by atoms with Gasteiger partial charge in [-0.15, -0.1) is 0 Å². The van der Waals surface area contributed by atoms with Crippen LogP contribution in [0.5, 0.6) is 0 Å². The number of amides is 1. The molecule has 0 spiro atoms. The number of nitriles is 1. The highest BCUT2D eigenvalue weighted by molar-refractivity contribution is 6.31. The van der Waals surface area contributed by atoms with Gasteiger partial charge in [0.2, 0.25) is 5.91 Å². The van der Waals surface area contributed by atoms with E-state index in [0.29, 0.717) is 6.42 Å². The van der Waals surface area contributed by atoms with E-state index in [0.717, 1.165) is 25.3 Å². The minimum Gasteiger partial charge on any atom is -0.394 e. The Morgan fingerprint density at radius 1 is 1.20 bits per heavy atom. The van der Waals surface area contributed by atoms with Crippen LogP contribution >= 0.6 is 23.2 Å². The molecule has 5 atom stereocenters. The summed E-state index contributed by atoms with van der Waals surface area (Å²) >= 11 is 12.3. The van der Waals surface area contributed by atoms with Gasteiger partial charge in [-0.05, 0) is 42.0 Å². The first-order valence-electron chi connectivity index (χ1n) is 13.7. The summed E-state index contributed by atoms with van der Waals surface area (Å²) in [7, 11) is 0. The minimum absolute atomic E-state index is 0.0176. The van der Waals surface area contributed by atoms with Crippen molar-refractivity contribution in [1.29, 1.82) is 5.26 Å². The quantitative estimate of drug-likeness (QED) is 0.255. The second kappa shape index (κ2) is 13.6. The summed E-state index contributed by atoms with van der Waals surface area (Å²) in [5, 5.41) is 35.9. The van der Waals surface area contributed by atoms with E-state index in [4.69, 9.17) is 28.3 Å². The molecule has 0 aromatic heterocycles. The van der Waals surface area contributed by atoms with Gasteiger partial charge in [0.05, 0.1) is 29.8 Å². The Bertz CT molecular complexity index is 1230. The maximum Gasteiger partial charge on any atom is 0.237 e. The van der Waals surface area contributed by atoms with Gasteiger partial charge in [-0.3, -0.25) is 4.79 Å². The molecule has 0 aliphatic carbocycles. The average Bonchev–Trinajstić information content (AvgIpc) is 3.27. The first-order valence-corrected chi connectivity index (χ1v) is 14.4. The van der Waals surface area contributed by atoms with E-state index in [2.05, 4.69) is 37.5 Å². The van der Waals surface area contributed by atoms with Crippen LogP contribution in [0.25, 0.3) is 0 Å². The molecule has 1 saturated heterocycles. The van der Waals surface area contributed by atoms with Crippen molar-refractivity contribution >= 4 is 29.1 Å². The molecule has 4 unspecified atom stereocenters. The molecule has 2 aromatic rings. The molecule has 1 amide bonds. The number of nitrogens with one attached hydrogen (secondary N) is 2. The zero-order chi connectivity index (χ0) is 29.7. The third-order valence-corrected chi connectivity index (χ3v) is 9.32. The lowest BCUT2D eigenvalue weighted by Gasteiger charge is -2.40. The number of carbonyl (C=O) groups is 1. The first kappa shape index (κ1) is 32.2. The summed E-state index contributed by atoms with van der Waals surface area (Å²) in [5.41, 5.74) is -1.90. The molecular formula is C30H37Cl2F2N3O3. The lowest BCUT2D eigenvalue weighted by molar-refractivity contribution is -0.123. The fourth-order valence-corrected chi connectivity index (χ4v) is 6.46. The molecule has 4 N–H and O–H groups in total. The summed E-state index contributed by atoms with van der Waals surface area (Å²) < 4.78 is 31.5. The SMILES string of the molecule is CCC(CC)(CC)CC1NC(C(=O)NCC[C@H](O)CO)C(c2cccc(Cl)c2F)C1(C#N)c1ccc(Cl)cc1F. The maximum atomic E-state index is 15.8. The summed E-state index contributed by atoms with van der Waals surface area (Å²) in [4.78, 5) is 13.7. The zero-order valence-corrected chi connectivity index (χ0v) is 24.5. The van der Waals surface area contributed by atoms with E-state index in [1.165, 1.54) is 30.3 Å². The molecule has 40 heavy (non-hydrogen) atoms. The van der Waals surface area contributed by atoms with Gasteiger partial charge in [0, 0.05) is 29.1 Å². The minimum atomic E-state index is -1.71. The highest BCUT2D eigenvalue weighted by atomic mass is 35.5. The summed E-state index contributed by atoms with van der Waals surface area (Å²) in [6.45, 7) is 5.75. The number of hydrogen-bond donors (Lipinski definition) is 4. The Morgan fingerprint density at radius 2 is 1.88 bits per heavy atom. The van der Waals surface area contributed by atoms with Crippen molar-refractivity contribution in [3.8, 4) is 6.07 Å². The van der Waals surface area contributed by atoms with Crippen LogP contribution < -0.4 is 10.6 Å². The maximum absolute atomic E-state index is 15.8. The Hall–Kier alpha value is -2.28. The Morgan fingerprint density at radius 3 is 2.45 bits per heavy atom. The topological polar surface area (TPSA) is 105 Å². The lowest BCUT2D eigenvalue weighted by atomic mass is 9.61. The predicted octanol–water partition coefficient (Wildman–Crippen LogP) is 5.62. The summed E-state index contributed by atoms with van der Waals surface area (Å²) in [6.07, 6.45) is 1.86. The predicted molar refractivity (Wildman–Crippen MR) is 152 cm³/mol. The van der Waals surface area contributed by atoms with Gasteiger partial charge in [0.25, 0.3) is 0 Å². The third kappa shape index (κ3) is 6.14. The average molecular weight is 597 g/mol. The van der Waals surface area contributed by atoms with Crippen molar-refractivity contribution < 1.29 is 23.8 Å². The van der Waals surface area contributed by atoms with E-state index >= 15 is 8.78 Å². The van der Waals surface area contributed by atoms with Crippen molar-refractivity contribution in [2.75, 3.05) is 13.2 Å². The Balaban J connectivity index is 2.28. The van der Waals surface area contributed by atoms with Gasteiger partial charge >= 0.3 is 0 Å². The molecule has 2 aromatic carbocycles. The first-order chi connectivity index (χ1) is 19.0. The Labute approximate surface area is 244 Å². The number of nitrogens with zero attached hydrogens (tertiary/aromatic N) is 1. The largest absolute Gasteiger partial charge is 0.394 e. The van der Waals surface area contributed by atoms with Crippen LogP contribution in [0.1, 0.15) is 69.9 Å². The molecular weight excluding hydrogens is 559 g/mol. The number of aliphatic hydroxyl groups excluding tert-OH is 2. The number of carbonyl (C=O) groups excluding carboxylic acids is 1. The van der Waals surface area contributed by atoms with E-state index in [9.17, 15) is 15.2 Å². The highest BCUT2D eigenvalue weighted by Crippen LogP contribution is 2.54. The van der Waals surface area contributed by atoms with Gasteiger partial charge in [0.15, 0.2) is 0 Å².